The molecule has 0 aromatic heterocycles. The second kappa shape index (κ2) is 11.7. The molecule has 0 spiro atoms. The average Bonchev–Trinajstić information content (AvgIpc) is 2.77. The largest absolute Gasteiger partial charge is 0.493 e. The zero-order valence-electron chi connectivity index (χ0n) is 19.8. The first-order valence-electron chi connectivity index (χ1n) is 12.5. The first kappa shape index (κ1) is 26.0. The summed E-state index contributed by atoms with van der Waals surface area (Å²) in [5.41, 5.74) is -0.709. The van der Waals surface area contributed by atoms with E-state index in [9.17, 15) is 22.0 Å². The molecule has 2 aliphatic carbocycles. The van der Waals surface area contributed by atoms with Gasteiger partial charge in [0.25, 0.3) is 0 Å². The SMILES string of the molecule is CCCC(C)C1CCC(C2CCC(COc3cc(F)c(/C=C/C(F)(F)F)c(F)c3)CC2)CC1. The van der Waals surface area contributed by atoms with E-state index in [0.717, 1.165) is 48.6 Å². The fourth-order valence-electron chi connectivity index (χ4n) is 5.90. The monoisotopic (exact) mass is 472 g/mol. The van der Waals surface area contributed by atoms with E-state index in [1.165, 1.54) is 51.4 Å². The van der Waals surface area contributed by atoms with Crippen molar-refractivity contribution in [1.82, 2.24) is 0 Å². The lowest BCUT2D eigenvalue weighted by atomic mass is 9.67. The van der Waals surface area contributed by atoms with Gasteiger partial charge in [0, 0.05) is 23.8 Å². The van der Waals surface area contributed by atoms with Gasteiger partial charge in [-0.1, -0.05) is 26.7 Å². The van der Waals surface area contributed by atoms with Crippen LogP contribution in [0.25, 0.3) is 6.08 Å². The highest BCUT2D eigenvalue weighted by molar-refractivity contribution is 5.53. The fourth-order valence-corrected chi connectivity index (χ4v) is 5.90. The summed E-state index contributed by atoms with van der Waals surface area (Å²) in [7, 11) is 0. The Kier molecular flexibility index (Phi) is 9.23. The zero-order valence-corrected chi connectivity index (χ0v) is 19.8. The van der Waals surface area contributed by atoms with Crippen LogP contribution in [-0.4, -0.2) is 12.8 Å². The van der Waals surface area contributed by atoms with Crippen LogP contribution < -0.4 is 4.74 Å². The van der Waals surface area contributed by atoms with Crippen molar-refractivity contribution in [2.24, 2.45) is 29.6 Å². The summed E-state index contributed by atoms with van der Waals surface area (Å²) in [6, 6.07) is 1.92. The second-order valence-corrected chi connectivity index (χ2v) is 10.2. The molecule has 1 aromatic carbocycles. The zero-order chi connectivity index (χ0) is 24.0. The summed E-state index contributed by atoms with van der Waals surface area (Å²) in [5, 5.41) is 0. The van der Waals surface area contributed by atoms with Gasteiger partial charge in [0.1, 0.15) is 17.4 Å². The van der Waals surface area contributed by atoms with Crippen molar-refractivity contribution in [3.63, 3.8) is 0 Å². The molecule has 1 unspecified atom stereocenters. The fraction of sp³-hybridized carbons (Fsp3) is 0.704. The normalized spacial score (nSPS) is 27.6. The van der Waals surface area contributed by atoms with Gasteiger partial charge in [-0.15, -0.1) is 0 Å². The minimum absolute atomic E-state index is 0.0239. The van der Waals surface area contributed by atoms with Crippen LogP contribution in [-0.2, 0) is 0 Å². The summed E-state index contributed by atoms with van der Waals surface area (Å²) in [5.74, 6) is 1.59. The summed E-state index contributed by atoms with van der Waals surface area (Å²) in [6.45, 7) is 5.05. The summed E-state index contributed by atoms with van der Waals surface area (Å²) >= 11 is 0. The number of halogens is 5. The molecule has 0 amide bonds. The molecule has 2 fully saturated rings. The molecule has 1 atom stereocenters. The topological polar surface area (TPSA) is 9.23 Å². The van der Waals surface area contributed by atoms with Crippen LogP contribution in [0.1, 0.15) is 83.6 Å². The van der Waals surface area contributed by atoms with E-state index in [1.54, 1.807) is 0 Å². The number of hydrogen-bond donors (Lipinski definition) is 0. The third-order valence-corrected chi connectivity index (χ3v) is 7.90. The summed E-state index contributed by atoms with van der Waals surface area (Å²) in [4.78, 5) is 0. The molecule has 0 saturated heterocycles. The average molecular weight is 473 g/mol. The van der Waals surface area contributed by atoms with Crippen molar-refractivity contribution < 1.29 is 26.7 Å². The molecule has 33 heavy (non-hydrogen) atoms. The maximum Gasteiger partial charge on any atom is 0.409 e. The quantitative estimate of drug-likeness (QED) is 0.343. The van der Waals surface area contributed by atoms with Gasteiger partial charge in [0.2, 0.25) is 0 Å². The van der Waals surface area contributed by atoms with Crippen LogP contribution in [0.2, 0.25) is 0 Å². The van der Waals surface area contributed by atoms with Crippen LogP contribution in [0.4, 0.5) is 22.0 Å². The molecule has 2 aliphatic rings. The van der Waals surface area contributed by atoms with Gasteiger partial charge < -0.3 is 4.74 Å². The number of benzene rings is 1. The number of alkyl halides is 3. The summed E-state index contributed by atoms with van der Waals surface area (Å²) in [6.07, 6.45) is 8.08. The Bertz CT molecular complexity index is 748. The van der Waals surface area contributed by atoms with Crippen molar-refractivity contribution in [3.05, 3.63) is 35.4 Å². The van der Waals surface area contributed by atoms with Crippen LogP contribution in [0, 0.1) is 41.2 Å². The van der Waals surface area contributed by atoms with Crippen LogP contribution in [0.15, 0.2) is 18.2 Å². The number of hydrogen-bond acceptors (Lipinski definition) is 1. The van der Waals surface area contributed by atoms with Crippen molar-refractivity contribution in [1.29, 1.82) is 0 Å². The van der Waals surface area contributed by atoms with Gasteiger partial charge >= 0.3 is 6.18 Å². The Balaban J connectivity index is 1.43. The molecular formula is C27H37F5O. The van der Waals surface area contributed by atoms with Crippen molar-refractivity contribution in [2.75, 3.05) is 6.61 Å². The highest BCUT2D eigenvalue weighted by Gasteiger charge is 2.32. The molecule has 3 rings (SSSR count). The van der Waals surface area contributed by atoms with Crippen molar-refractivity contribution in [2.45, 2.75) is 84.2 Å². The second-order valence-electron chi connectivity index (χ2n) is 10.2. The first-order valence-corrected chi connectivity index (χ1v) is 12.5. The third kappa shape index (κ3) is 7.71. The van der Waals surface area contributed by atoms with E-state index < -0.39 is 23.4 Å². The Hall–Kier alpha value is -1.59. The lowest BCUT2D eigenvalue weighted by Crippen LogP contribution is -2.28. The highest BCUT2D eigenvalue weighted by atomic mass is 19.4. The Morgan fingerprint density at radius 2 is 1.48 bits per heavy atom. The summed E-state index contributed by atoms with van der Waals surface area (Å²) < 4.78 is 70.6. The minimum atomic E-state index is -4.63. The maximum atomic E-state index is 14.1. The third-order valence-electron chi connectivity index (χ3n) is 7.90. The van der Waals surface area contributed by atoms with Gasteiger partial charge in [-0.2, -0.15) is 13.2 Å². The predicted molar refractivity (Wildman–Crippen MR) is 122 cm³/mol. The van der Waals surface area contributed by atoms with E-state index in [0.29, 0.717) is 18.6 Å². The first-order chi connectivity index (χ1) is 15.7. The van der Waals surface area contributed by atoms with Gasteiger partial charge in [0.05, 0.1) is 6.61 Å². The number of rotatable bonds is 8. The molecule has 1 aromatic rings. The smallest absolute Gasteiger partial charge is 0.409 e. The van der Waals surface area contributed by atoms with Gasteiger partial charge in [-0.05, 0) is 87.0 Å². The van der Waals surface area contributed by atoms with Crippen LogP contribution in [0.3, 0.4) is 0 Å². The lowest BCUT2D eigenvalue weighted by Gasteiger charge is -2.39. The predicted octanol–water partition coefficient (Wildman–Crippen LogP) is 8.97. The van der Waals surface area contributed by atoms with Crippen molar-refractivity contribution >= 4 is 6.08 Å². The van der Waals surface area contributed by atoms with E-state index in [1.807, 2.05) is 0 Å². The standard InChI is InChI=1S/C27H37F5O/c1-3-4-18(2)20-9-11-22(12-10-20)21-7-5-19(6-8-21)17-33-23-15-25(28)24(26(29)16-23)13-14-27(30,31)32/h13-16,18-22H,3-12,17H2,1-2H3/b14-13+. The van der Waals surface area contributed by atoms with E-state index >= 15 is 0 Å². The molecule has 0 radical (unpaired) electrons. The highest BCUT2D eigenvalue weighted by Crippen LogP contribution is 2.43. The molecule has 6 heteroatoms. The van der Waals surface area contributed by atoms with E-state index in [-0.39, 0.29) is 11.8 Å². The number of allylic oxidation sites excluding steroid dienone is 1. The van der Waals surface area contributed by atoms with Crippen LogP contribution >= 0.6 is 0 Å². The van der Waals surface area contributed by atoms with Crippen LogP contribution in [0.5, 0.6) is 5.75 Å². The molecule has 0 N–H and O–H groups in total. The lowest BCUT2D eigenvalue weighted by molar-refractivity contribution is -0.0790. The molecule has 0 heterocycles. The molecule has 1 nitrogen and oxygen atoms in total. The van der Waals surface area contributed by atoms with E-state index in [4.69, 9.17) is 4.74 Å². The van der Waals surface area contributed by atoms with Gasteiger partial charge in [-0.3, -0.25) is 0 Å². The number of ether oxygens (including phenoxy) is 1. The molecule has 0 bridgehead atoms. The molecule has 2 saturated carbocycles. The Morgan fingerprint density at radius 3 is 2.00 bits per heavy atom. The molecule has 186 valence electrons. The Labute approximate surface area is 194 Å². The minimum Gasteiger partial charge on any atom is -0.493 e. The molecule has 0 aliphatic heterocycles. The molecular weight excluding hydrogens is 435 g/mol. The van der Waals surface area contributed by atoms with Gasteiger partial charge in [0.15, 0.2) is 0 Å². The van der Waals surface area contributed by atoms with E-state index in [2.05, 4.69) is 13.8 Å². The Morgan fingerprint density at radius 1 is 0.939 bits per heavy atom. The van der Waals surface area contributed by atoms with Gasteiger partial charge in [-0.25, -0.2) is 8.78 Å². The van der Waals surface area contributed by atoms with Crippen molar-refractivity contribution in [3.8, 4) is 5.75 Å². The maximum absolute atomic E-state index is 14.1.